The summed E-state index contributed by atoms with van der Waals surface area (Å²) in [6.07, 6.45) is 0. The van der Waals surface area contributed by atoms with Crippen molar-refractivity contribution >= 4 is 29.5 Å². The Hall–Kier alpha value is -2.84. The lowest BCUT2D eigenvalue weighted by Crippen LogP contribution is -2.71. The molecule has 4 rings (SSSR count). The van der Waals surface area contributed by atoms with Gasteiger partial charge in [0.15, 0.2) is 0 Å². The summed E-state index contributed by atoms with van der Waals surface area (Å²) in [6, 6.07) is 16.1. The normalized spacial score (nSPS) is 24.7. The Bertz CT molecular complexity index is 983. The number of carbonyl (C=O) groups excluding carboxylic acids is 3. The molecule has 7 nitrogen and oxygen atoms in total. The Morgan fingerprint density at radius 2 is 1.74 bits per heavy atom. The molecule has 0 radical (unpaired) electrons. The third-order valence-electron chi connectivity index (χ3n) is 5.63. The molecule has 2 aliphatic heterocycles. The number of nitrogens with zero attached hydrogens (tertiary/aromatic N) is 1. The van der Waals surface area contributed by atoms with Crippen molar-refractivity contribution in [3.05, 3.63) is 71.8 Å². The fourth-order valence-corrected chi connectivity index (χ4v) is 5.61. The minimum atomic E-state index is -0.867. The summed E-state index contributed by atoms with van der Waals surface area (Å²) in [5.74, 6) is -1.15. The van der Waals surface area contributed by atoms with Crippen LogP contribution < -0.4 is 11.1 Å². The molecule has 2 saturated heterocycles. The average molecular weight is 440 g/mol. The molecular weight excluding hydrogens is 414 g/mol. The van der Waals surface area contributed by atoms with Crippen LogP contribution in [-0.2, 0) is 25.7 Å². The highest BCUT2D eigenvalue weighted by Crippen LogP contribution is 2.51. The number of ether oxygens (including phenoxy) is 1. The van der Waals surface area contributed by atoms with Crippen molar-refractivity contribution in [2.45, 2.75) is 48.7 Å². The maximum absolute atomic E-state index is 12.9. The summed E-state index contributed by atoms with van der Waals surface area (Å²) in [4.78, 5) is 39.9. The number of hydrogen-bond donors (Lipinski definition) is 2. The molecule has 2 aromatic rings. The Kier molecular flexibility index (Phi) is 5.77. The number of nitrogens with one attached hydrogen (secondary N) is 1. The van der Waals surface area contributed by atoms with Gasteiger partial charge in [0.25, 0.3) is 0 Å². The van der Waals surface area contributed by atoms with E-state index in [2.05, 4.69) is 5.32 Å². The summed E-state index contributed by atoms with van der Waals surface area (Å²) < 4.78 is 4.96. The number of β-lactam (4-membered cyclic amide) rings is 1. The quantitative estimate of drug-likeness (QED) is 0.527. The lowest BCUT2D eigenvalue weighted by molar-refractivity contribution is -0.165. The maximum Gasteiger partial charge on any atom is 0.330 e. The Morgan fingerprint density at radius 3 is 2.39 bits per heavy atom. The molecule has 0 aromatic heterocycles. The number of esters is 1. The summed E-state index contributed by atoms with van der Waals surface area (Å²) in [5.41, 5.74) is 7.61. The van der Waals surface area contributed by atoms with Crippen LogP contribution in [0.4, 0.5) is 0 Å². The zero-order valence-corrected chi connectivity index (χ0v) is 18.2. The third kappa shape index (κ3) is 4.05. The van der Waals surface area contributed by atoms with Gasteiger partial charge in [-0.3, -0.25) is 9.59 Å². The van der Waals surface area contributed by atoms with Crippen molar-refractivity contribution in [3.63, 3.8) is 0 Å². The smallest absolute Gasteiger partial charge is 0.330 e. The van der Waals surface area contributed by atoms with Crippen molar-refractivity contribution in [2.24, 2.45) is 5.73 Å². The second-order valence-electron chi connectivity index (χ2n) is 8.23. The van der Waals surface area contributed by atoms with E-state index in [0.717, 1.165) is 5.56 Å². The van der Waals surface area contributed by atoms with E-state index in [4.69, 9.17) is 10.5 Å². The van der Waals surface area contributed by atoms with Gasteiger partial charge in [-0.25, -0.2) is 4.79 Å². The Morgan fingerprint density at radius 1 is 1.13 bits per heavy atom. The topological polar surface area (TPSA) is 102 Å². The molecule has 8 heteroatoms. The molecule has 2 fully saturated rings. The predicted octanol–water partition coefficient (Wildman–Crippen LogP) is 1.98. The van der Waals surface area contributed by atoms with Gasteiger partial charge in [-0.15, -0.1) is 11.8 Å². The van der Waals surface area contributed by atoms with E-state index in [1.54, 1.807) is 24.3 Å². The van der Waals surface area contributed by atoms with Crippen LogP contribution in [0.1, 0.15) is 31.0 Å². The minimum Gasteiger partial charge on any atom is -0.459 e. The van der Waals surface area contributed by atoms with E-state index in [1.807, 2.05) is 50.2 Å². The summed E-state index contributed by atoms with van der Waals surface area (Å²) in [5, 5.41) is 2.43. The average Bonchev–Trinajstić information content (AvgIpc) is 3.04. The van der Waals surface area contributed by atoms with Gasteiger partial charge >= 0.3 is 5.97 Å². The Balaban J connectivity index is 1.41. The van der Waals surface area contributed by atoms with Gasteiger partial charge in [-0.2, -0.15) is 0 Å². The van der Waals surface area contributed by atoms with Crippen LogP contribution in [0.2, 0.25) is 0 Å². The molecule has 4 atom stereocenters. The van der Waals surface area contributed by atoms with Crippen LogP contribution in [0.25, 0.3) is 0 Å². The molecule has 0 aliphatic carbocycles. The first-order chi connectivity index (χ1) is 14.8. The van der Waals surface area contributed by atoms with Crippen LogP contribution in [0, 0.1) is 0 Å². The summed E-state index contributed by atoms with van der Waals surface area (Å²) in [6.45, 7) is 3.97. The molecular formula is C23H25N3O4S. The monoisotopic (exact) mass is 439 g/mol. The van der Waals surface area contributed by atoms with Crippen molar-refractivity contribution < 1.29 is 19.1 Å². The lowest BCUT2D eigenvalue weighted by atomic mass is 9.95. The molecule has 1 unspecified atom stereocenters. The molecule has 2 aliphatic rings. The van der Waals surface area contributed by atoms with E-state index in [9.17, 15) is 14.4 Å². The van der Waals surface area contributed by atoms with Crippen LogP contribution in [0.5, 0.6) is 0 Å². The first-order valence-electron chi connectivity index (χ1n) is 10.1. The first kappa shape index (κ1) is 21.4. The third-order valence-corrected chi connectivity index (χ3v) is 7.20. The van der Waals surface area contributed by atoms with Crippen molar-refractivity contribution in [1.82, 2.24) is 10.2 Å². The van der Waals surface area contributed by atoms with E-state index in [0.29, 0.717) is 5.56 Å². The lowest BCUT2D eigenvalue weighted by Gasteiger charge is -2.44. The zero-order chi connectivity index (χ0) is 22.2. The highest BCUT2D eigenvalue weighted by atomic mass is 32.2. The SMILES string of the molecule is CC1(C)S[C@@H]2[C@H](NC(=O)C(N)c3ccccc3)C(=O)N2[C@H]1C(=O)OCc1ccccc1. The van der Waals surface area contributed by atoms with Crippen LogP contribution in [0.15, 0.2) is 60.7 Å². The number of carbonyl (C=O) groups is 3. The number of fused-ring (bicyclic) bond motifs is 1. The molecule has 3 N–H and O–H groups in total. The largest absolute Gasteiger partial charge is 0.459 e. The van der Waals surface area contributed by atoms with Gasteiger partial charge in [0.2, 0.25) is 11.8 Å². The molecule has 31 heavy (non-hydrogen) atoms. The van der Waals surface area contributed by atoms with Gasteiger partial charge in [0, 0.05) is 4.75 Å². The number of rotatable bonds is 6. The van der Waals surface area contributed by atoms with Crippen molar-refractivity contribution in [2.75, 3.05) is 0 Å². The highest BCUT2D eigenvalue weighted by molar-refractivity contribution is 8.01. The maximum atomic E-state index is 12.9. The molecule has 0 saturated carbocycles. The van der Waals surface area contributed by atoms with Crippen LogP contribution in [0.3, 0.4) is 0 Å². The second kappa shape index (κ2) is 8.36. The number of thioether (sulfide) groups is 1. The number of amides is 2. The second-order valence-corrected chi connectivity index (χ2v) is 10.00. The van der Waals surface area contributed by atoms with Gasteiger partial charge in [-0.05, 0) is 25.0 Å². The molecule has 2 heterocycles. The van der Waals surface area contributed by atoms with Crippen LogP contribution >= 0.6 is 11.8 Å². The van der Waals surface area contributed by atoms with Crippen molar-refractivity contribution in [3.8, 4) is 0 Å². The zero-order valence-electron chi connectivity index (χ0n) is 17.4. The van der Waals surface area contributed by atoms with E-state index in [-0.39, 0.29) is 17.9 Å². The first-order valence-corrected chi connectivity index (χ1v) is 11.0. The van der Waals surface area contributed by atoms with Crippen molar-refractivity contribution in [1.29, 1.82) is 0 Å². The van der Waals surface area contributed by atoms with Gasteiger partial charge in [0.05, 0.1) is 0 Å². The number of benzene rings is 2. The van der Waals surface area contributed by atoms with E-state index >= 15 is 0 Å². The van der Waals surface area contributed by atoms with Gasteiger partial charge in [-0.1, -0.05) is 60.7 Å². The summed E-state index contributed by atoms with van der Waals surface area (Å²) >= 11 is 1.49. The predicted molar refractivity (Wildman–Crippen MR) is 118 cm³/mol. The molecule has 0 spiro atoms. The standard InChI is InChI=1S/C23H25N3O4S/c1-23(2)18(22(29)30-13-14-9-5-3-6-10-14)26-20(28)17(21(26)31-23)25-19(27)16(24)15-11-7-4-8-12-15/h3-12,16-18,21H,13,24H2,1-2H3,(H,25,27)/t16?,17-,18+,21-/m1/s1. The Labute approximate surface area is 185 Å². The van der Waals surface area contributed by atoms with Crippen LogP contribution in [-0.4, -0.2) is 44.9 Å². The molecule has 2 aromatic carbocycles. The molecule has 2 amide bonds. The van der Waals surface area contributed by atoms with E-state index < -0.39 is 34.7 Å². The fraction of sp³-hybridized carbons (Fsp3) is 0.348. The fourth-order valence-electron chi connectivity index (χ4n) is 3.99. The van der Waals surface area contributed by atoms with Gasteiger partial charge < -0.3 is 20.7 Å². The van der Waals surface area contributed by atoms with Gasteiger partial charge in [0.1, 0.15) is 30.1 Å². The minimum absolute atomic E-state index is 0.149. The molecule has 0 bridgehead atoms. The molecule has 162 valence electrons. The summed E-state index contributed by atoms with van der Waals surface area (Å²) in [7, 11) is 0. The number of hydrogen-bond acceptors (Lipinski definition) is 6. The highest BCUT2D eigenvalue weighted by Gasteiger charge is 2.64. The van der Waals surface area contributed by atoms with E-state index in [1.165, 1.54) is 16.7 Å². The number of nitrogens with two attached hydrogens (primary N) is 1.